The van der Waals surface area contributed by atoms with Gasteiger partial charge >= 0.3 is 0 Å². The maximum Gasteiger partial charge on any atom is 0.222 e. The number of nitrogens with one attached hydrogen (secondary N) is 1. The van der Waals surface area contributed by atoms with E-state index in [0.29, 0.717) is 6.42 Å². The van der Waals surface area contributed by atoms with E-state index in [-0.39, 0.29) is 23.8 Å². The van der Waals surface area contributed by atoms with Crippen molar-refractivity contribution in [2.24, 2.45) is 17.4 Å². The van der Waals surface area contributed by atoms with Crippen LogP contribution in [0.4, 0.5) is 0 Å². The van der Waals surface area contributed by atoms with E-state index in [9.17, 15) is 9.59 Å². The van der Waals surface area contributed by atoms with Gasteiger partial charge in [-0.1, -0.05) is 0 Å². The molecule has 1 aliphatic rings. The molecule has 0 atom stereocenters. The first-order chi connectivity index (χ1) is 7.78. The van der Waals surface area contributed by atoms with Crippen LogP contribution >= 0.6 is 0 Å². The van der Waals surface area contributed by atoms with E-state index in [1.165, 1.54) is 0 Å². The van der Waals surface area contributed by atoms with Gasteiger partial charge in [0.05, 0.1) is 0 Å². The second-order valence-corrected chi connectivity index (χ2v) is 5.68. The van der Waals surface area contributed by atoms with Crippen LogP contribution in [0.2, 0.25) is 0 Å². The summed E-state index contributed by atoms with van der Waals surface area (Å²) in [7, 11) is 0. The molecule has 98 valence electrons. The van der Waals surface area contributed by atoms with Gasteiger partial charge in [0.1, 0.15) is 0 Å². The molecule has 2 amide bonds. The molecule has 5 N–H and O–H groups in total. The van der Waals surface area contributed by atoms with Gasteiger partial charge in [0, 0.05) is 23.9 Å². The quantitative estimate of drug-likeness (QED) is 0.659. The van der Waals surface area contributed by atoms with E-state index in [1.807, 2.05) is 13.8 Å². The lowest BCUT2D eigenvalue weighted by molar-refractivity contribution is -0.123. The molecule has 0 unspecified atom stereocenters. The van der Waals surface area contributed by atoms with Crippen LogP contribution in [-0.2, 0) is 9.59 Å². The normalized spacial score (nSPS) is 25.4. The molecule has 0 spiro atoms. The van der Waals surface area contributed by atoms with Gasteiger partial charge in [-0.25, -0.2) is 0 Å². The maximum absolute atomic E-state index is 11.7. The lowest BCUT2D eigenvalue weighted by Gasteiger charge is -2.28. The van der Waals surface area contributed by atoms with Crippen molar-refractivity contribution < 1.29 is 9.59 Å². The largest absolute Gasteiger partial charge is 0.369 e. The topological polar surface area (TPSA) is 98.2 Å². The molecule has 0 radical (unpaired) electrons. The standard InChI is InChI=1S/C12H23N3O2/c1-12(2,14)7-10(16)15-9-5-3-8(4-6-9)11(13)17/h8-9H,3-7,14H2,1-2H3,(H2,13,17)(H,15,16). The Balaban J connectivity index is 2.31. The number of hydrogen-bond donors (Lipinski definition) is 3. The molecule has 0 saturated heterocycles. The van der Waals surface area contributed by atoms with Crippen molar-refractivity contribution in [1.82, 2.24) is 5.32 Å². The summed E-state index contributed by atoms with van der Waals surface area (Å²) in [6.45, 7) is 3.66. The molecule has 1 fully saturated rings. The van der Waals surface area contributed by atoms with Crippen LogP contribution in [0.5, 0.6) is 0 Å². The number of primary amides is 1. The monoisotopic (exact) mass is 241 g/mol. The summed E-state index contributed by atoms with van der Waals surface area (Å²) >= 11 is 0. The Labute approximate surface area is 102 Å². The van der Waals surface area contributed by atoms with Gasteiger partial charge in [-0.15, -0.1) is 0 Å². The third-order valence-corrected chi connectivity index (χ3v) is 3.11. The Bertz CT molecular complexity index is 289. The van der Waals surface area contributed by atoms with E-state index >= 15 is 0 Å². The minimum Gasteiger partial charge on any atom is -0.369 e. The van der Waals surface area contributed by atoms with Crippen LogP contribution in [0.25, 0.3) is 0 Å². The van der Waals surface area contributed by atoms with Crippen molar-refractivity contribution in [2.75, 3.05) is 0 Å². The molecule has 0 aliphatic heterocycles. The van der Waals surface area contributed by atoms with Gasteiger partial charge in [0.15, 0.2) is 0 Å². The molecule has 5 heteroatoms. The third-order valence-electron chi connectivity index (χ3n) is 3.11. The molecule has 17 heavy (non-hydrogen) atoms. The van der Waals surface area contributed by atoms with Crippen molar-refractivity contribution in [1.29, 1.82) is 0 Å². The maximum atomic E-state index is 11.7. The molecule has 1 saturated carbocycles. The minimum absolute atomic E-state index is 0.0139. The van der Waals surface area contributed by atoms with Gasteiger partial charge in [-0.3, -0.25) is 9.59 Å². The first-order valence-corrected chi connectivity index (χ1v) is 6.15. The Morgan fingerprint density at radius 3 is 2.18 bits per heavy atom. The average Bonchev–Trinajstić information content (AvgIpc) is 2.15. The van der Waals surface area contributed by atoms with Gasteiger partial charge in [0.25, 0.3) is 0 Å². The lowest BCUT2D eigenvalue weighted by Crippen LogP contribution is -2.44. The second-order valence-electron chi connectivity index (χ2n) is 5.68. The predicted octanol–water partition coefficient (Wildman–Crippen LogP) is 0.274. The van der Waals surface area contributed by atoms with Crippen molar-refractivity contribution in [2.45, 2.75) is 57.5 Å². The van der Waals surface area contributed by atoms with E-state index in [0.717, 1.165) is 25.7 Å². The Hall–Kier alpha value is -1.10. The van der Waals surface area contributed by atoms with Crippen LogP contribution in [0, 0.1) is 5.92 Å². The van der Waals surface area contributed by atoms with Crippen LogP contribution in [0.3, 0.4) is 0 Å². The first-order valence-electron chi connectivity index (χ1n) is 6.15. The molecule has 5 nitrogen and oxygen atoms in total. The summed E-state index contributed by atoms with van der Waals surface area (Å²) in [6.07, 6.45) is 3.51. The summed E-state index contributed by atoms with van der Waals surface area (Å²) in [5, 5.41) is 2.96. The van der Waals surface area contributed by atoms with Gasteiger partial charge < -0.3 is 16.8 Å². The Morgan fingerprint density at radius 2 is 1.76 bits per heavy atom. The number of amides is 2. The van der Waals surface area contributed by atoms with Gasteiger partial charge in [-0.05, 0) is 39.5 Å². The van der Waals surface area contributed by atoms with Crippen LogP contribution in [-0.4, -0.2) is 23.4 Å². The fraction of sp³-hybridized carbons (Fsp3) is 0.833. The minimum atomic E-state index is -0.478. The summed E-state index contributed by atoms with van der Waals surface area (Å²) in [5.74, 6) is -0.257. The molecule has 1 rings (SSSR count). The number of carbonyl (C=O) groups excluding carboxylic acids is 2. The van der Waals surface area contributed by atoms with Crippen molar-refractivity contribution >= 4 is 11.8 Å². The number of nitrogens with two attached hydrogens (primary N) is 2. The summed E-state index contributed by atoms with van der Waals surface area (Å²) in [5.41, 5.74) is 10.6. The fourth-order valence-electron chi connectivity index (χ4n) is 2.21. The summed E-state index contributed by atoms with van der Waals surface area (Å²) in [4.78, 5) is 22.6. The second kappa shape index (κ2) is 5.49. The highest BCUT2D eigenvalue weighted by Crippen LogP contribution is 2.24. The fourth-order valence-corrected chi connectivity index (χ4v) is 2.21. The van der Waals surface area contributed by atoms with Crippen molar-refractivity contribution in [3.63, 3.8) is 0 Å². The molecular formula is C12H23N3O2. The number of hydrogen-bond acceptors (Lipinski definition) is 3. The van der Waals surface area contributed by atoms with Crippen LogP contribution in [0.15, 0.2) is 0 Å². The number of carbonyl (C=O) groups is 2. The van der Waals surface area contributed by atoms with Gasteiger partial charge in [-0.2, -0.15) is 0 Å². The highest BCUT2D eigenvalue weighted by molar-refractivity contribution is 5.78. The van der Waals surface area contributed by atoms with E-state index < -0.39 is 5.54 Å². The van der Waals surface area contributed by atoms with E-state index in [4.69, 9.17) is 11.5 Å². The molecule has 1 aliphatic carbocycles. The van der Waals surface area contributed by atoms with Gasteiger partial charge in [0.2, 0.25) is 11.8 Å². The predicted molar refractivity (Wildman–Crippen MR) is 66.0 cm³/mol. The molecule has 0 bridgehead atoms. The molecular weight excluding hydrogens is 218 g/mol. The zero-order valence-electron chi connectivity index (χ0n) is 10.7. The zero-order valence-corrected chi connectivity index (χ0v) is 10.7. The summed E-state index contributed by atoms with van der Waals surface area (Å²) in [6, 6.07) is 0.167. The Kier molecular flexibility index (Phi) is 4.51. The van der Waals surface area contributed by atoms with E-state index in [1.54, 1.807) is 0 Å². The van der Waals surface area contributed by atoms with Crippen LogP contribution < -0.4 is 16.8 Å². The number of rotatable bonds is 4. The SMILES string of the molecule is CC(C)(N)CC(=O)NC1CCC(C(N)=O)CC1. The average molecular weight is 241 g/mol. The first kappa shape index (κ1) is 14.0. The smallest absolute Gasteiger partial charge is 0.222 e. The highest BCUT2D eigenvalue weighted by atomic mass is 16.2. The molecule has 0 aromatic carbocycles. The lowest BCUT2D eigenvalue weighted by atomic mass is 9.85. The highest BCUT2D eigenvalue weighted by Gasteiger charge is 2.26. The third kappa shape index (κ3) is 5.17. The van der Waals surface area contributed by atoms with Crippen molar-refractivity contribution in [3.8, 4) is 0 Å². The summed E-state index contributed by atoms with van der Waals surface area (Å²) < 4.78 is 0. The molecule has 0 heterocycles. The molecule has 0 aromatic heterocycles. The Morgan fingerprint density at radius 1 is 1.24 bits per heavy atom. The zero-order chi connectivity index (χ0) is 13.1. The van der Waals surface area contributed by atoms with E-state index in [2.05, 4.69) is 5.32 Å². The van der Waals surface area contributed by atoms with Crippen molar-refractivity contribution in [3.05, 3.63) is 0 Å². The van der Waals surface area contributed by atoms with Crippen LogP contribution in [0.1, 0.15) is 46.0 Å². The molecule has 0 aromatic rings.